The number of furan rings is 1. The van der Waals surface area contributed by atoms with Gasteiger partial charge in [0.05, 0.1) is 5.69 Å². The topological polar surface area (TPSA) is 44.1 Å². The molecule has 2 aromatic carbocycles. The van der Waals surface area contributed by atoms with Gasteiger partial charge in [0, 0.05) is 39.2 Å². The molecule has 0 radical (unpaired) electrons. The van der Waals surface area contributed by atoms with E-state index in [0.717, 1.165) is 64.1 Å². The van der Waals surface area contributed by atoms with Gasteiger partial charge in [0.1, 0.15) is 11.3 Å². The molecule has 0 fully saturated rings. The molecule has 2 aliphatic carbocycles. The molecule has 2 aromatic heterocycles. The lowest BCUT2D eigenvalue weighted by molar-refractivity contribution is 0.602. The van der Waals surface area contributed by atoms with Crippen LogP contribution in [0.3, 0.4) is 0 Å². The first-order valence-electron chi connectivity index (χ1n) is 12.2. The number of benzene rings is 2. The van der Waals surface area contributed by atoms with Crippen LogP contribution >= 0.6 is 0 Å². The van der Waals surface area contributed by atoms with Crippen molar-refractivity contribution < 1.29 is 4.42 Å². The van der Waals surface area contributed by atoms with Crippen LogP contribution in [0.5, 0.6) is 0 Å². The van der Waals surface area contributed by atoms with Crippen LogP contribution in [0.2, 0.25) is 0 Å². The predicted octanol–water partition coefficient (Wildman–Crippen LogP) is 7.98. The first kappa shape index (κ1) is 20.9. The van der Waals surface area contributed by atoms with Crippen molar-refractivity contribution in [2.75, 3.05) is 5.73 Å². The number of fused-ring (bicyclic) bond motifs is 4. The van der Waals surface area contributed by atoms with Crippen molar-refractivity contribution in [2.45, 2.75) is 40.0 Å². The second-order valence-electron chi connectivity index (χ2n) is 9.59. The first-order chi connectivity index (χ1) is 16.6. The fraction of sp³-hybridized carbons (Fsp3) is 0.226. The summed E-state index contributed by atoms with van der Waals surface area (Å²) in [5, 5.41) is 1.15. The number of hydrogen-bond donors (Lipinski definition) is 1. The van der Waals surface area contributed by atoms with E-state index in [4.69, 9.17) is 10.2 Å². The third-order valence-electron chi connectivity index (χ3n) is 7.27. The molecule has 0 saturated carbocycles. The van der Waals surface area contributed by atoms with Crippen molar-refractivity contribution in [1.82, 2.24) is 4.57 Å². The van der Waals surface area contributed by atoms with E-state index >= 15 is 0 Å². The van der Waals surface area contributed by atoms with Gasteiger partial charge in [0.2, 0.25) is 0 Å². The Balaban J connectivity index is 1.66. The number of rotatable bonds is 3. The fourth-order valence-corrected chi connectivity index (χ4v) is 5.63. The van der Waals surface area contributed by atoms with Crippen molar-refractivity contribution in [1.29, 1.82) is 0 Å². The Labute approximate surface area is 200 Å². The van der Waals surface area contributed by atoms with Gasteiger partial charge in [-0.15, -0.1) is 0 Å². The average molecular weight is 447 g/mol. The highest BCUT2D eigenvalue weighted by Crippen LogP contribution is 2.42. The van der Waals surface area contributed by atoms with Crippen LogP contribution in [0.4, 0.5) is 5.69 Å². The Hall–Kier alpha value is -3.72. The van der Waals surface area contributed by atoms with Crippen LogP contribution in [0.1, 0.15) is 54.1 Å². The lowest BCUT2D eigenvalue weighted by Gasteiger charge is -2.21. The molecule has 1 unspecified atom stereocenters. The molecule has 34 heavy (non-hydrogen) atoms. The lowest BCUT2D eigenvalue weighted by atomic mass is 9.91. The molecule has 6 rings (SSSR count). The monoisotopic (exact) mass is 446 g/mol. The van der Waals surface area contributed by atoms with Crippen LogP contribution < -0.4 is 5.73 Å². The number of allylic oxidation sites excluding steroid dienone is 3. The SMILES string of the molecule is C/C=C\c1oc2c(-c3cc(N)ccc3-n3c4c(c5c3CC(C)C=C5)CCC=C4)cccc2c1C. The second kappa shape index (κ2) is 7.95. The maximum absolute atomic E-state index is 6.42. The average Bonchev–Trinajstić information content (AvgIpc) is 3.33. The third-order valence-corrected chi connectivity index (χ3v) is 7.27. The molecule has 170 valence electrons. The number of anilines is 1. The van der Waals surface area contributed by atoms with Gasteiger partial charge in [0.15, 0.2) is 0 Å². The van der Waals surface area contributed by atoms with E-state index in [1.165, 1.54) is 22.5 Å². The van der Waals surface area contributed by atoms with Crippen molar-refractivity contribution in [3.63, 3.8) is 0 Å². The summed E-state index contributed by atoms with van der Waals surface area (Å²) in [6, 6.07) is 12.7. The van der Waals surface area contributed by atoms with E-state index in [2.05, 4.69) is 73.1 Å². The minimum absolute atomic E-state index is 0.517. The van der Waals surface area contributed by atoms with Crippen molar-refractivity contribution in [3.8, 4) is 16.8 Å². The quantitative estimate of drug-likeness (QED) is 0.324. The van der Waals surface area contributed by atoms with E-state index in [0.29, 0.717) is 5.92 Å². The normalized spacial score (nSPS) is 17.0. The second-order valence-corrected chi connectivity index (χ2v) is 9.59. The summed E-state index contributed by atoms with van der Waals surface area (Å²) in [6.07, 6.45) is 16.6. The summed E-state index contributed by atoms with van der Waals surface area (Å²) in [4.78, 5) is 0. The number of hydrogen-bond acceptors (Lipinski definition) is 2. The molecule has 3 nitrogen and oxygen atoms in total. The van der Waals surface area contributed by atoms with Crippen LogP contribution in [0.15, 0.2) is 59.0 Å². The largest absolute Gasteiger partial charge is 0.456 e. The number of nitrogen functional groups attached to an aromatic ring is 1. The molecule has 1 atom stereocenters. The molecule has 2 N–H and O–H groups in total. The molecule has 0 spiro atoms. The molecule has 0 amide bonds. The number of nitrogens with zero attached hydrogens (tertiary/aromatic N) is 1. The molecular formula is C31H30N2O. The van der Waals surface area contributed by atoms with Crippen molar-refractivity contribution in [3.05, 3.63) is 88.5 Å². The highest BCUT2D eigenvalue weighted by Gasteiger charge is 2.27. The summed E-state index contributed by atoms with van der Waals surface area (Å²) in [5.41, 5.74) is 18.1. The summed E-state index contributed by atoms with van der Waals surface area (Å²) in [7, 11) is 0. The predicted molar refractivity (Wildman–Crippen MR) is 144 cm³/mol. The molecule has 0 bridgehead atoms. The highest BCUT2D eigenvalue weighted by molar-refractivity contribution is 5.98. The summed E-state index contributed by atoms with van der Waals surface area (Å²) in [6.45, 7) is 6.44. The van der Waals surface area contributed by atoms with Gasteiger partial charge in [-0.2, -0.15) is 0 Å². The van der Waals surface area contributed by atoms with Crippen LogP contribution in [0.25, 0.3) is 46.0 Å². The Morgan fingerprint density at radius 1 is 1.12 bits per heavy atom. The van der Waals surface area contributed by atoms with Crippen molar-refractivity contribution in [2.24, 2.45) is 5.92 Å². The fourth-order valence-electron chi connectivity index (χ4n) is 5.63. The minimum Gasteiger partial charge on any atom is -0.456 e. The summed E-state index contributed by atoms with van der Waals surface area (Å²) >= 11 is 0. The molecule has 0 saturated heterocycles. The Bertz CT molecular complexity index is 1520. The third kappa shape index (κ3) is 3.11. The van der Waals surface area contributed by atoms with E-state index in [1.54, 1.807) is 0 Å². The van der Waals surface area contributed by atoms with Gasteiger partial charge < -0.3 is 14.7 Å². The summed E-state index contributed by atoms with van der Waals surface area (Å²) < 4.78 is 8.90. The van der Waals surface area contributed by atoms with Crippen molar-refractivity contribution >= 4 is 34.9 Å². The van der Waals surface area contributed by atoms with Crippen LogP contribution in [-0.2, 0) is 12.8 Å². The smallest absolute Gasteiger partial charge is 0.142 e. The molecule has 0 aliphatic heterocycles. The summed E-state index contributed by atoms with van der Waals surface area (Å²) in [5.74, 6) is 1.43. The van der Waals surface area contributed by atoms with Crippen LogP contribution in [0, 0.1) is 12.8 Å². The zero-order chi connectivity index (χ0) is 23.4. The standard InChI is InChI=1S/C31H30N2O/c1-4-8-30-20(3)22-10-7-11-25(31(22)34-30)26-18-21(32)14-16-28(26)33-27-12-6-5-9-23(27)24-15-13-19(2)17-29(24)33/h4,6-8,10-16,18-19H,5,9,17,32H2,1-3H3/b8-4-. The van der Waals surface area contributed by atoms with Gasteiger partial charge >= 0.3 is 0 Å². The van der Waals surface area contributed by atoms with Gasteiger partial charge in [0.25, 0.3) is 0 Å². The molecular weight excluding hydrogens is 416 g/mol. The number of aromatic nitrogens is 1. The molecule has 2 aliphatic rings. The number of para-hydroxylation sites is 1. The van der Waals surface area contributed by atoms with Gasteiger partial charge in [-0.25, -0.2) is 0 Å². The van der Waals surface area contributed by atoms with Gasteiger partial charge in [-0.1, -0.05) is 49.4 Å². The molecule has 3 heteroatoms. The van der Waals surface area contributed by atoms with Gasteiger partial charge in [-0.3, -0.25) is 0 Å². The van der Waals surface area contributed by atoms with E-state index < -0.39 is 0 Å². The number of nitrogens with two attached hydrogens (primary N) is 1. The highest BCUT2D eigenvalue weighted by atomic mass is 16.3. The van der Waals surface area contributed by atoms with E-state index in [1.807, 2.05) is 25.1 Å². The minimum atomic E-state index is 0.517. The maximum atomic E-state index is 6.42. The Kier molecular flexibility index (Phi) is 4.88. The van der Waals surface area contributed by atoms with E-state index in [-0.39, 0.29) is 0 Å². The van der Waals surface area contributed by atoms with Gasteiger partial charge in [-0.05, 0) is 80.5 Å². The lowest BCUT2D eigenvalue weighted by Crippen LogP contribution is -2.10. The zero-order valence-corrected chi connectivity index (χ0v) is 20.1. The zero-order valence-electron chi connectivity index (χ0n) is 20.1. The Morgan fingerprint density at radius 2 is 2.00 bits per heavy atom. The van der Waals surface area contributed by atoms with Crippen LogP contribution in [-0.4, -0.2) is 4.57 Å². The number of aryl methyl sites for hydroxylation is 1. The Morgan fingerprint density at radius 3 is 2.85 bits per heavy atom. The van der Waals surface area contributed by atoms with E-state index in [9.17, 15) is 0 Å². The first-order valence-corrected chi connectivity index (χ1v) is 12.2. The molecule has 2 heterocycles. The molecule has 4 aromatic rings. The maximum Gasteiger partial charge on any atom is 0.142 e.